The minimum absolute atomic E-state index is 0.263. The molecule has 0 unspecified atom stereocenters. The summed E-state index contributed by atoms with van der Waals surface area (Å²) in [6.07, 6.45) is 1.57. The summed E-state index contributed by atoms with van der Waals surface area (Å²) in [4.78, 5) is 10.8. The van der Waals surface area contributed by atoms with Crippen molar-refractivity contribution in [1.82, 2.24) is 0 Å². The second-order valence-corrected chi connectivity index (χ2v) is 4.51. The van der Waals surface area contributed by atoms with Crippen LogP contribution in [-0.4, -0.2) is 12.3 Å². The Kier molecular flexibility index (Phi) is 4.53. The molecule has 0 aliphatic rings. The minimum atomic E-state index is 0.263. The molecule has 0 saturated heterocycles. The molecule has 0 heterocycles. The van der Waals surface area contributed by atoms with Crippen molar-refractivity contribution in [1.29, 1.82) is 0 Å². The second kappa shape index (κ2) is 5.69. The highest BCUT2D eigenvalue weighted by Crippen LogP contribution is 2.21. The molecule has 1 aromatic rings. The van der Waals surface area contributed by atoms with E-state index in [9.17, 15) is 4.79 Å². The molecule has 0 bridgehead atoms. The summed E-state index contributed by atoms with van der Waals surface area (Å²) in [5.74, 6) is 0.263. The number of ketones is 1. The van der Waals surface area contributed by atoms with Crippen LogP contribution in [0.2, 0.25) is 0 Å². The largest absolute Gasteiger partial charge is 0.385 e. The van der Waals surface area contributed by atoms with Gasteiger partial charge in [0.1, 0.15) is 5.78 Å². The van der Waals surface area contributed by atoms with E-state index in [-0.39, 0.29) is 5.78 Å². The number of carbonyl (C=O) groups is 1. The quantitative estimate of drug-likeness (QED) is 0.769. The van der Waals surface area contributed by atoms with Gasteiger partial charge < -0.3 is 10.1 Å². The number of hydrogen-bond donors (Lipinski definition) is 1. The topological polar surface area (TPSA) is 29.1 Å². The number of aryl methyl sites for hydroxylation is 3. The molecular formula is C14H21NO. The molecule has 1 aromatic carbocycles. The molecule has 0 aromatic heterocycles. The monoisotopic (exact) mass is 219 g/mol. The van der Waals surface area contributed by atoms with Crippen LogP contribution in [0.5, 0.6) is 0 Å². The van der Waals surface area contributed by atoms with E-state index in [1.54, 1.807) is 6.92 Å². The Balaban J connectivity index is 2.57. The zero-order chi connectivity index (χ0) is 12.1. The number of nitrogens with one attached hydrogen (secondary N) is 1. The van der Waals surface area contributed by atoms with E-state index in [1.165, 1.54) is 22.4 Å². The third kappa shape index (κ3) is 3.69. The number of Topliss-reactive ketones (excluding diaryl/α,β-unsaturated/α-hetero) is 1. The molecule has 0 atom stereocenters. The van der Waals surface area contributed by atoms with E-state index in [0.717, 1.165) is 13.0 Å². The first kappa shape index (κ1) is 12.8. The van der Waals surface area contributed by atoms with Gasteiger partial charge in [0.2, 0.25) is 0 Å². The second-order valence-electron chi connectivity index (χ2n) is 4.51. The summed E-state index contributed by atoms with van der Waals surface area (Å²) in [6.45, 7) is 8.85. The van der Waals surface area contributed by atoms with E-state index in [0.29, 0.717) is 6.42 Å². The highest BCUT2D eigenvalue weighted by Gasteiger charge is 2.02. The Morgan fingerprint density at radius 3 is 2.25 bits per heavy atom. The summed E-state index contributed by atoms with van der Waals surface area (Å²) >= 11 is 0. The first-order chi connectivity index (χ1) is 7.50. The van der Waals surface area contributed by atoms with E-state index < -0.39 is 0 Å². The molecule has 0 aliphatic heterocycles. The van der Waals surface area contributed by atoms with Gasteiger partial charge in [-0.25, -0.2) is 0 Å². The van der Waals surface area contributed by atoms with Crippen LogP contribution in [0.4, 0.5) is 5.69 Å². The summed E-state index contributed by atoms with van der Waals surface area (Å²) < 4.78 is 0. The van der Waals surface area contributed by atoms with E-state index in [1.807, 2.05) is 0 Å². The maximum Gasteiger partial charge on any atom is 0.129 e. The fourth-order valence-electron chi connectivity index (χ4n) is 2.01. The lowest BCUT2D eigenvalue weighted by atomic mass is 10.0. The molecule has 0 amide bonds. The Bertz CT molecular complexity index is 359. The Morgan fingerprint density at radius 1 is 1.19 bits per heavy atom. The number of rotatable bonds is 5. The molecule has 2 nitrogen and oxygen atoms in total. The van der Waals surface area contributed by atoms with Crippen LogP contribution in [0.25, 0.3) is 0 Å². The van der Waals surface area contributed by atoms with Crippen LogP contribution in [0, 0.1) is 20.8 Å². The number of hydrogen-bond acceptors (Lipinski definition) is 2. The zero-order valence-corrected chi connectivity index (χ0v) is 10.7. The molecule has 88 valence electrons. The molecule has 16 heavy (non-hydrogen) atoms. The van der Waals surface area contributed by atoms with Crippen molar-refractivity contribution >= 4 is 11.5 Å². The zero-order valence-electron chi connectivity index (χ0n) is 10.7. The summed E-state index contributed by atoms with van der Waals surface area (Å²) in [6, 6.07) is 4.36. The normalized spacial score (nSPS) is 10.2. The number of carbonyl (C=O) groups excluding carboxylic acids is 1. The lowest BCUT2D eigenvalue weighted by molar-refractivity contribution is -0.117. The fraction of sp³-hybridized carbons (Fsp3) is 0.500. The Labute approximate surface area is 98.1 Å². The third-order valence-corrected chi connectivity index (χ3v) is 2.68. The smallest absolute Gasteiger partial charge is 0.129 e. The SMILES string of the molecule is CC(=O)CCCNc1c(C)cc(C)cc1C. The van der Waals surface area contributed by atoms with Crippen LogP contribution < -0.4 is 5.32 Å². The molecule has 0 fully saturated rings. The average molecular weight is 219 g/mol. The Morgan fingerprint density at radius 2 is 1.75 bits per heavy atom. The fourth-order valence-corrected chi connectivity index (χ4v) is 2.01. The van der Waals surface area contributed by atoms with Crippen LogP contribution in [0.1, 0.15) is 36.5 Å². The molecule has 1 rings (SSSR count). The van der Waals surface area contributed by atoms with Crippen LogP contribution in [0.15, 0.2) is 12.1 Å². The van der Waals surface area contributed by atoms with E-state index in [4.69, 9.17) is 0 Å². The lowest BCUT2D eigenvalue weighted by Gasteiger charge is -2.13. The van der Waals surface area contributed by atoms with Crippen LogP contribution in [0.3, 0.4) is 0 Å². The van der Waals surface area contributed by atoms with Gasteiger partial charge in [-0.2, -0.15) is 0 Å². The molecule has 0 radical (unpaired) electrons. The van der Waals surface area contributed by atoms with Crippen molar-refractivity contribution in [2.24, 2.45) is 0 Å². The van der Waals surface area contributed by atoms with Crippen molar-refractivity contribution in [3.8, 4) is 0 Å². The number of benzene rings is 1. The van der Waals surface area contributed by atoms with Crippen LogP contribution >= 0.6 is 0 Å². The maximum atomic E-state index is 10.8. The van der Waals surface area contributed by atoms with Gasteiger partial charge in [0.25, 0.3) is 0 Å². The third-order valence-electron chi connectivity index (χ3n) is 2.68. The van der Waals surface area contributed by atoms with Gasteiger partial charge in [0.15, 0.2) is 0 Å². The molecule has 0 aliphatic carbocycles. The molecule has 2 heteroatoms. The van der Waals surface area contributed by atoms with Gasteiger partial charge in [0.05, 0.1) is 0 Å². The van der Waals surface area contributed by atoms with Crippen molar-refractivity contribution in [3.05, 3.63) is 28.8 Å². The first-order valence-electron chi connectivity index (χ1n) is 5.82. The predicted octanol–water partition coefficient (Wildman–Crippen LogP) is 3.39. The highest BCUT2D eigenvalue weighted by molar-refractivity contribution is 5.75. The lowest BCUT2D eigenvalue weighted by Crippen LogP contribution is -2.06. The highest BCUT2D eigenvalue weighted by atomic mass is 16.1. The standard InChI is InChI=1S/C14H21NO/c1-10-8-11(2)14(12(3)9-10)15-7-5-6-13(4)16/h8-9,15H,5-7H2,1-4H3. The Hall–Kier alpha value is -1.31. The van der Waals surface area contributed by atoms with Gasteiger partial charge in [0, 0.05) is 18.7 Å². The van der Waals surface area contributed by atoms with Crippen molar-refractivity contribution in [3.63, 3.8) is 0 Å². The van der Waals surface area contributed by atoms with E-state index in [2.05, 4.69) is 38.2 Å². The van der Waals surface area contributed by atoms with Gasteiger partial charge in [-0.15, -0.1) is 0 Å². The van der Waals surface area contributed by atoms with Gasteiger partial charge in [-0.1, -0.05) is 17.7 Å². The summed E-state index contributed by atoms with van der Waals surface area (Å²) in [7, 11) is 0. The van der Waals surface area contributed by atoms with Crippen molar-refractivity contribution in [2.75, 3.05) is 11.9 Å². The molecule has 1 N–H and O–H groups in total. The molecular weight excluding hydrogens is 198 g/mol. The van der Waals surface area contributed by atoms with Gasteiger partial charge >= 0.3 is 0 Å². The van der Waals surface area contributed by atoms with Crippen molar-refractivity contribution < 1.29 is 4.79 Å². The van der Waals surface area contributed by atoms with E-state index >= 15 is 0 Å². The van der Waals surface area contributed by atoms with Gasteiger partial charge in [-0.3, -0.25) is 0 Å². The average Bonchev–Trinajstić information content (AvgIpc) is 2.14. The molecule has 0 spiro atoms. The molecule has 0 saturated carbocycles. The minimum Gasteiger partial charge on any atom is -0.385 e. The predicted molar refractivity (Wildman–Crippen MR) is 69.1 cm³/mol. The van der Waals surface area contributed by atoms with Crippen LogP contribution in [-0.2, 0) is 4.79 Å². The first-order valence-corrected chi connectivity index (χ1v) is 5.82. The van der Waals surface area contributed by atoms with Gasteiger partial charge in [-0.05, 0) is 45.2 Å². The summed E-state index contributed by atoms with van der Waals surface area (Å²) in [5.41, 5.74) is 5.07. The summed E-state index contributed by atoms with van der Waals surface area (Å²) in [5, 5.41) is 3.41. The number of anilines is 1. The maximum absolute atomic E-state index is 10.8. The van der Waals surface area contributed by atoms with Crippen molar-refractivity contribution in [2.45, 2.75) is 40.5 Å².